The van der Waals surface area contributed by atoms with E-state index in [1.54, 1.807) is 31.3 Å². The van der Waals surface area contributed by atoms with E-state index in [9.17, 15) is 9.59 Å². The number of carbonyl (C=O) groups is 2. The SMILES string of the molecule is CNCC(=O)c1ccc(C(=O)OC)cc1. The third kappa shape index (κ3) is 2.89. The van der Waals surface area contributed by atoms with Crippen LogP contribution in [0, 0.1) is 0 Å². The number of carbonyl (C=O) groups excluding carboxylic acids is 2. The summed E-state index contributed by atoms with van der Waals surface area (Å²) in [5.74, 6) is -0.406. The molecule has 0 fully saturated rings. The number of esters is 1. The summed E-state index contributed by atoms with van der Waals surface area (Å²) in [6.07, 6.45) is 0. The van der Waals surface area contributed by atoms with Gasteiger partial charge in [-0.2, -0.15) is 0 Å². The molecule has 0 heterocycles. The smallest absolute Gasteiger partial charge is 0.337 e. The van der Waals surface area contributed by atoms with E-state index in [1.807, 2.05) is 0 Å². The van der Waals surface area contributed by atoms with Crippen molar-refractivity contribution in [3.05, 3.63) is 35.4 Å². The number of Topliss-reactive ketones (excluding diaryl/α,β-unsaturated/α-hetero) is 1. The van der Waals surface area contributed by atoms with Crippen LogP contribution in [-0.2, 0) is 4.74 Å². The Bertz CT molecular complexity index is 357. The molecule has 4 heteroatoms. The maximum atomic E-state index is 11.4. The monoisotopic (exact) mass is 207 g/mol. The minimum atomic E-state index is -0.400. The topological polar surface area (TPSA) is 55.4 Å². The first-order valence-electron chi connectivity index (χ1n) is 4.55. The zero-order valence-electron chi connectivity index (χ0n) is 8.74. The summed E-state index contributed by atoms with van der Waals surface area (Å²) >= 11 is 0. The lowest BCUT2D eigenvalue weighted by molar-refractivity contribution is 0.0600. The number of ketones is 1. The molecule has 1 N–H and O–H groups in total. The molecule has 0 unspecified atom stereocenters. The van der Waals surface area contributed by atoms with E-state index in [2.05, 4.69) is 10.1 Å². The fraction of sp³-hybridized carbons (Fsp3) is 0.273. The highest BCUT2D eigenvalue weighted by Crippen LogP contribution is 2.06. The molecular weight excluding hydrogens is 194 g/mol. The summed E-state index contributed by atoms with van der Waals surface area (Å²) in [6, 6.07) is 6.39. The number of methoxy groups -OCH3 is 1. The van der Waals surface area contributed by atoms with Crippen LogP contribution in [0.3, 0.4) is 0 Å². The van der Waals surface area contributed by atoms with Crippen molar-refractivity contribution < 1.29 is 14.3 Å². The minimum Gasteiger partial charge on any atom is -0.465 e. The molecule has 0 amide bonds. The second-order valence-corrected chi connectivity index (χ2v) is 3.02. The van der Waals surface area contributed by atoms with Gasteiger partial charge in [0.05, 0.1) is 19.2 Å². The van der Waals surface area contributed by atoms with Crippen LogP contribution < -0.4 is 5.32 Å². The third-order valence-corrected chi connectivity index (χ3v) is 1.97. The summed E-state index contributed by atoms with van der Waals surface area (Å²) in [6.45, 7) is 0.289. The van der Waals surface area contributed by atoms with Gasteiger partial charge in [0.15, 0.2) is 5.78 Å². The normalized spacial score (nSPS) is 9.73. The number of rotatable bonds is 4. The van der Waals surface area contributed by atoms with Crippen LogP contribution in [0.25, 0.3) is 0 Å². The average molecular weight is 207 g/mol. The Morgan fingerprint density at radius 2 is 1.73 bits per heavy atom. The van der Waals surface area contributed by atoms with Crippen molar-refractivity contribution >= 4 is 11.8 Å². The Hall–Kier alpha value is -1.68. The molecule has 1 rings (SSSR count). The highest BCUT2D eigenvalue weighted by Gasteiger charge is 2.07. The van der Waals surface area contributed by atoms with Gasteiger partial charge in [-0.25, -0.2) is 4.79 Å². The summed E-state index contributed by atoms with van der Waals surface area (Å²) in [5.41, 5.74) is 1.02. The Morgan fingerprint density at radius 1 is 1.20 bits per heavy atom. The molecule has 0 aliphatic heterocycles. The molecule has 0 atom stereocenters. The molecule has 0 radical (unpaired) electrons. The molecule has 0 saturated carbocycles. The fourth-order valence-electron chi connectivity index (χ4n) is 1.17. The van der Waals surface area contributed by atoms with Crippen molar-refractivity contribution in [1.29, 1.82) is 0 Å². The third-order valence-electron chi connectivity index (χ3n) is 1.97. The number of nitrogens with one attached hydrogen (secondary N) is 1. The number of ether oxygens (including phenoxy) is 1. The largest absolute Gasteiger partial charge is 0.465 e. The van der Waals surface area contributed by atoms with Crippen LogP contribution in [0.1, 0.15) is 20.7 Å². The Kier molecular flexibility index (Phi) is 4.00. The number of hydrogen-bond acceptors (Lipinski definition) is 4. The summed E-state index contributed by atoms with van der Waals surface area (Å²) in [4.78, 5) is 22.5. The van der Waals surface area contributed by atoms with Crippen LogP contribution in [0.2, 0.25) is 0 Å². The Balaban J connectivity index is 2.80. The lowest BCUT2D eigenvalue weighted by atomic mass is 10.1. The van der Waals surface area contributed by atoms with Crippen molar-refractivity contribution in [1.82, 2.24) is 5.32 Å². The van der Waals surface area contributed by atoms with Gasteiger partial charge in [0.25, 0.3) is 0 Å². The quantitative estimate of drug-likeness (QED) is 0.588. The summed E-state index contributed by atoms with van der Waals surface area (Å²) < 4.78 is 4.55. The van der Waals surface area contributed by atoms with Gasteiger partial charge >= 0.3 is 5.97 Å². The highest BCUT2D eigenvalue weighted by atomic mass is 16.5. The van der Waals surface area contributed by atoms with Crippen molar-refractivity contribution in [2.24, 2.45) is 0 Å². The van der Waals surface area contributed by atoms with Crippen molar-refractivity contribution in [3.63, 3.8) is 0 Å². The predicted molar refractivity (Wildman–Crippen MR) is 56.0 cm³/mol. The van der Waals surface area contributed by atoms with Gasteiger partial charge in [0.1, 0.15) is 0 Å². The van der Waals surface area contributed by atoms with Gasteiger partial charge in [-0.05, 0) is 19.2 Å². The van der Waals surface area contributed by atoms with Crippen molar-refractivity contribution in [2.45, 2.75) is 0 Å². The molecule has 0 spiro atoms. The van der Waals surface area contributed by atoms with Crippen LogP contribution in [0.15, 0.2) is 24.3 Å². The van der Waals surface area contributed by atoms with Crippen LogP contribution in [-0.4, -0.2) is 32.5 Å². The molecule has 0 aromatic heterocycles. The van der Waals surface area contributed by atoms with E-state index in [-0.39, 0.29) is 12.3 Å². The number of hydrogen-bond donors (Lipinski definition) is 1. The molecule has 0 saturated heterocycles. The molecule has 0 aliphatic rings. The van der Waals surface area contributed by atoms with Gasteiger partial charge in [0.2, 0.25) is 0 Å². The predicted octanol–water partition coefficient (Wildman–Crippen LogP) is 0.875. The lowest BCUT2D eigenvalue weighted by Crippen LogP contribution is -2.18. The molecule has 0 bridgehead atoms. The molecular formula is C11H13NO3. The minimum absolute atomic E-state index is 0.00563. The molecule has 0 aliphatic carbocycles. The lowest BCUT2D eigenvalue weighted by Gasteiger charge is -2.01. The van der Waals surface area contributed by atoms with E-state index in [1.165, 1.54) is 7.11 Å². The van der Waals surface area contributed by atoms with Crippen LogP contribution >= 0.6 is 0 Å². The fourth-order valence-corrected chi connectivity index (χ4v) is 1.17. The first kappa shape index (κ1) is 11.4. The maximum Gasteiger partial charge on any atom is 0.337 e. The first-order chi connectivity index (χ1) is 7.19. The molecule has 1 aromatic carbocycles. The average Bonchev–Trinajstić information content (AvgIpc) is 2.28. The van der Waals surface area contributed by atoms with Gasteiger partial charge in [-0.1, -0.05) is 12.1 Å². The second-order valence-electron chi connectivity index (χ2n) is 3.02. The summed E-state index contributed by atoms with van der Waals surface area (Å²) in [7, 11) is 3.03. The van der Waals surface area contributed by atoms with Gasteiger partial charge in [-0.3, -0.25) is 4.79 Å². The van der Waals surface area contributed by atoms with Crippen molar-refractivity contribution in [3.8, 4) is 0 Å². The number of likely N-dealkylation sites (N-methyl/N-ethyl adjacent to an activating group) is 1. The maximum absolute atomic E-state index is 11.4. The molecule has 80 valence electrons. The van der Waals surface area contributed by atoms with Crippen molar-refractivity contribution in [2.75, 3.05) is 20.7 Å². The van der Waals surface area contributed by atoms with Gasteiger partial charge in [0, 0.05) is 5.56 Å². The van der Waals surface area contributed by atoms with Gasteiger partial charge < -0.3 is 10.1 Å². The highest BCUT2D eigenvalue weighted by molar-refractivity contribution is 5.98. The molecule has 15 heavy (non-hydrogen) atoms. The van der Waals surface area contributed by atoms with E-state index >= 15 is 0 Å². The summed E-state index contributed by atoms with van der Waals surface area (Å²) in [5, 5.41) is 2.77. The second kappa shape index (κ2) is 5.26. The molecule has 4 nitrogen and oxygen atoms in total. The van der Waals surface area contributed by atoms with Gasteiger partial charge in [-0.15, -0.1) is 0 Å². The van der Waals surface area contributed by atoms with E-state index in [0.717, 1.165) is 0 Å². The standard InChI is InChI=1S/C11H13NO3/c1-12-7-10(13)8-3-5-9(6-4-8)11(14)15-2/h3-6,12H,7H2,1-2H3. The zero-order valence-corrected chi connectivity index (χ0v) is 8.74. The number of benzene rings is 1. The van der Waals surface area contributed by atoms with Crippen LogP contribution in [0.4, 0.5) is 0 Å². The Labute approximate surface area is 88.2 Å². The van der Waals surface area contributed by atoms with Crippen LogP contribution in [0.5, 0.6) is 0 Å². The Morgan fingerprint density at radius 3 is 2.20 bits per heavy atom. The zero-order chi connectivity index (χ0) is 11.3. The first-order valence-corrected chi connectivity index (χ1v) is 4.55. The molecule has 1 aromatic rings. The van der Waals surface area contributed by atoms with E-state index < -0.39 is 5.97 Å². The van der Waals surface area contributed by atoms with E-state index in [0.29, 0.717) is 11.1 Å². The van der Waals surface area contributed by atoms with E-state index in [4.69, 9.17) is 0 Å².